The standard InChI is InChI=1S/C15H10BrF3N2/c1-21(13-5-3-2-4-10(13)9-20)14-7-6-11(8-12(14)16)15(17,18)19/h2-8H,1H3. The second-order valence-electron chi connectivity index (χ2n) is 4.35. The van der Waals surface area contributed by atoms with E-state index in [0.29, 0.717) is 21.4 Å². The van der Waals surface area contributed by atoms with E-state index in [0.717, 1.165) is 12.1 Å². The first-order valence-electron chi connectivity index (χ1n) is 5.94. The van der Waals surface area contributed by atoms with Crippen LogP contribution in [0.1, 0.15) is 11.1 Å². The summed E-state index contributed by atoms with van der Waals surface area (Å²) in [5, 5.41) is 9.10. The molecule has 0 atom stereocenters. The smallest absolute Gasteiger partial charge is 0.343 e. The molecule has 2 aromatic carbocycles. The molecule has 0 aliphatic heterocycles. The average Bonchev–Trinajstić information content (AvgIpc) is 2.45. The summed E-state index contributed by atoms with van der Waals surface area (Å²) in [6.07, 6.45) is -4.38. The minimum Gasteiger partial charge on any atom is -0.343 e. The largest absolute Gasteiger partial charge is 0.416 e. The first-order chi connectivity index (χ1) is 9.84. The quantitative estimate of drug-likeness (QED) is 0.749. The number of rotatable bonds is 2. The highest BCUT2D eigenvalue weighted by atomic mass is 79.9. The van der Waals surface area contributed by atoms with Crippen LogP contribution in [0.2, 0.25) is 0 Å². The lowest BCUT2D eigenvalue weighted by atomic mass is 10.1. The number of para-hydroxylation sites is 1. The van der Waals surface area contributed by atoms with E-state index in [9.17, 15) is 13.2 Å². The van der Waals surface area contributed by atoms with Gasteiger partial charge in [-0.2, -0.15) is 18.4 Å². The molecule has 108 valence electrons. The topological polar surface area (TPSA) is 27.0 Å². The van der Waals surface area contributed by atoms with Crippen molar-refractivity contribution in [3.63, 3.8) is 0 Å². The Labute approximate surface area is 128 Å². The van der Waals surface area contributed by atoms with Crippen LogP contribution in [0.25, 0.3) is 0 Å². The molecule has 0 fully saturated rings. The van der Waals surface area contributed by atoms with Crippen LogP contribution < -0.4 is 4.90 Å². The summed E-state index contributed by atoms with van der Waals surface area (Å²) >= 11 is 3.16. The van der Waals surface area contributed by atoms with E-state index in [4.69, 9.17) is 5.26 Å². The van der Waals surface area contributed by atoms with Gasteiger partial charge in [0.05, 0.1) is 22.5 Å². The fourth-order valence-electron chi connectivity index (χ4n) is 1.95. The monoisotopic (exact) mass is 354 g/mol. The van der Waals surface area contributed by atoms with E-state index < -0.39 is 11.7 Å². The molecule has 21 heavy (non-hydrogen) atoms. The number of nitrogens with zero attached hydrogens (tertiary/aromatic N) is 2. The Balaban J connectivity index is 2.45. The molecule has 0 unspecified atom stereocenters. The molecule has 0 N–H and O–H groups in total. The van der Waals surface area contributed by atoms with Gasteiger partial charge in [-0.15, -0.1) is 0 Å². The van der Waals surface area contributed by atoms with Gasteiger partial charge in [-0.25, -0.2) is 0 Å². The molecular formula is C15H10BrF3N2. The van der Waals surface area contributed by atoms with Gasteiger partial charge in [0.15, 0.2) is 0 Å². The maximum Gasteiger partial charge on any atom is 0.416 e. The molecule has 0 amide bonds. The predicted octanol–water partition coefficient (Wildman–Crippen LogP) is 5.11. The third-order valence-corrected chi connectivity index (χ3v) is 3.66. The molecule has 0 spiro atoms. The minimum absolute atomic E-state index is 0.313. The van der Waals surface area contributed by atoms with E-state index in [1.54, 1.807) is 36.2 Å². The van der Waals surface area contributed by atoms with Crippen LogP contribution in [0.5, 0.6) is 0 Å². The number of anilines is 2. The van der Waals surface area contributed by atoms with Gasteiger partial charge in [-0.05, 0) is 46.3 Å². The second kappa shape index (κ2) is 5.78. The van der Waals surface area contributed by atoms with Crippen molar-refractivity contribution in [1.82, 2.24) is 0 Å². The zero-order valence-electron chi connectivity index (χ0n) is 10.9. The second-order valence-corrected chi connectivity index (χ2v) is 5.21. The van der Waals surface area contributed by atoms with Crippen LogP contribution in [0.15, 0.2) is 46.9 Å². The molecule has 6 heteroatoms. The van der Waals surface area contributed by atoms with E-state index in [2.05, 4.69) is 22.0 Å². The number of alkyl halides is 3. The number of nitriles is 1. The summed E-state index contributed by atoms with van der Waals surface area (Å²) < 4.78 is 38.3. The van der Waals surface area contributed by atoms with E-state index >= 15 is 0 Å². The lowest BCUT2D eigenvalue weighted by Crippen LogP contribution is -2.13. The summed E-state index contributed by atoms with van der Waals surface area (Å²) in [4.78, 5) is 1.67. The third kappa shape index (κ3) is 3.19. The van der Waals surface area contributed by atoms with Crippen molar-refractivity contribution >= 4 is 27.3 Å². The molecule has 0 saturated carbocycles. The van der Waals surface area contributed by atoms with Crippen LogP contribution in [0, 0.1) is 11.3 Å². The Kier molecular flexibility index (Phi) is 4.24. The summed E-state index contributed by atoms with van der Waals surface area (Å²) in [5.41, 5.74) is 0.901. The van der Waals surface area contributed by atoms with Crippen molar-refractivity contribution in [3.8, 4) is 6.07 Å². The van der Waals surface area contributed by atoms with Gasteiger partial charge in [0, 0.05) is 11.5 Å². The van der Waals surface area contributed by atoms with Crippen LogP contribution >= 0.6 is 15.9 Å². The molecule has 0 aliphatic rings. The van der Waals surface area contributed by atoms with Gasteiger partial charge in [0.2, 0.25) is 0 Å². The molecule has 2 nitrogen and oxygen atoms in total. The molecule has 0 bridgehead atoms. The average molecular weight is 355 g/mol. The maximum absolute atomic E-state index is 12.7. The number of halogens is 4. The molecule has 0 aliphatic carbocycles. The molecule has 0 radical (unpaired) electrons. The molecular weight excluding hydrogens is 345 g/mol. The summed E-state index contributed by atoms with van der Waals surface area (Å²) in [7, 11) is 1.70. The van der Waals surface area contributed by atoms with Gasteiger partial charge in [-0.1, -0.05) is 12.1 Å². The van der Waals surface area contributed by atoms with Gasteiger partial charge in [0.25, 0.3) is 0 Å². The van der Waals surface area contributed by atoms with E-state index in [-0.39, 0.29) is 0 Å². The van der Waals surface area contributed by atoms with Crippen LogP contribution in [0.3, 0.4) is 0 Å². The molecule has 0 saturated heterocycles. The Morgan fingerprint density at radius 1 is 1.10 bits per heavy atom. The number of benzene rings is 2. The van der Waals surface area contributed by atoms with Crippen molar-refractivity contribution in [2.45, 2.75) is 6.18 Å². The van der Waals surface area contributed by atoms with Gasteiger partial charge < -0.3 is 4.90 Å². The fourth-order valence-corrected chi connectivity index (χ4v) is 2.59. The Bertz CT molecular complexity index is 705. The highest BCUT2D eigenvalue weighted by molar-refractivity contribution is 9.10. The zero-order valence-corrected chi connectivity index (χ0v) is 12.5. The van der Waals surface area contributed by atoms with E-state index in [1.807, 2.05) is 0 Å². The molecule has 2 rings (SSSR count). The highest BCUT2D eigenvalue weighted by Gasteiger charge is 2.31. The van der Waals surface area contributed by atoms with Crippen LogP contribution in [0.4, 0.5) is 24.5 Å². The predicted molar refractivity (Wildman–Crippen MR) is 78.4 cm³/mol. The van der Waals surface area contributed by atoms with Crippen molar-refractivity contribution < 1.29 is 13.2 Å². The van der Waals surface area contributed by atoms with Gasteiger partial charge >= 0.3 is 6.18 Å². The maximum atomic E-state index is 12.7. The third-order valence-electron chi connectivity index (χ3n) is 3.02. The minimum atomic E-state index is -4.38. The van der Waals surface area contributed by atoms with Crippen molar-refractivity contribution in [3.05, 3.63) is 58.1 Å². The van der Waals surface area contributed by atoms with Crippen LogP contribution in [-0.4, -0.2) is 7.05 Å². The lowest BCUT2D eigenvalue weighted by molar-refractivity contribution is -0.137. The summed E-state index contributed by atoms with van der Waals surface area (Å²) in [5.74, 6) is 0. The van der Waals surface area contributed by atoms with E-state index in [1.165, 1.54) is 6.07 Å². The lowest BCUT2D eigenvalue weighted by Gasteiger charge is -2.22. The Morgan fingerprint density at radius 2 is 1.76 bits per heavy atom. The van der Waals surface area contributed by atoms with Crippen molar-refractivity contribution in [2.24, 2.45) is 0 Å². The number of hydrogen-bond donors (Lipinski definition) is 0. The highest BCUT2D eigenvalue weighted by Crippen LogP contribution is 2.37. The first-order valence-corrected chi connectivity index (χ1v) is 6.73. The van der Waals surface area contributed by atoms with Gasteiger partial charge in [-0.3, -0.25) is 0 Å². The van der Waals surface area contributed by atoms with Crippen LogP contribution in [-0.2, 0) is 6.18 Å². The van der Waals surface area contributed by atoms with Crippen molar-refractivity contribution in [1.29, 1.82) is 5.26 Å². The normalized spacial score (nSPS) is 11.0. The van der Waals surface area contributed by atoms with Crippen molar-refractivity contribution in [2.75, 3.05) is 11.9 Å². The van der Waals surface area contributed by atoms with Gasteiger partial charge in [0.1, 0.15) is 6.07 Å². The first kappa shape index (κ1) is 15.4. The Hall–Kier alpha value is -2.00. The fraction of sp³-hybridized carbons (Fsp3) is 0.133. The number of hydrogen-bond acceptors (Lipinski definition) is 2. The molecule has 0 aromatic heterocycles. The zero-order chi connectivity index (χ0) is 15.6. The Morgan fingerprint density at radius 3 is 2.33 bits per heavy atom. The summed E-state index contributed by atoms with van der Waals surface area (Å²) in [6.45, 7) is 0. The summed E-state index contributed by atoms with van der Waals surface area (Å²) in [6, 6.07) is 12.4. The SMILES string of the molecule is CN(c1ccc(C(F)(F)F)cc1Br)c1ccccc1C#N. The molecule has 0 heterocycles. The molecule has 2 aromatic rings.